The smallest absolute Gasteiger partial charge is 0.356 e. The number of pyridine rings is 2. The van der Waals surface area contributed by atoms with Crippen molar-refractivity contribution in [3.05, 3.63) is 41.9 Å². The van der Waals surface area contributed by atoms with Gasteiger partial charge in [0.25, 0.3) is 5.91 Å². The molecule has 2 aromatic rings. The first-order chi connectivity index (χ1) is 14.6. The van der Waals surface area contributed by atoms with Gasteiger partial charge in [0, 0.05) is 38.9 Å². The van der Waals surface area contributed by atoms with Crippen molar-refractivity contribution in [2.45, 2.75) is 26.0 Å². The van der Waals surface area contributed by atoms with Crippen LogP contribution >= 0.6 is 0 Å². The fourth-order valence-corrected chi connectivity index (χ4v) is 3.66. The van der Waals surface area contributed by atoms with E-state index in [1.807, 2.05) is 25.3 Å². The summed E-state index contributed by atoms with van der Waals surface area (Å²) in [5, 5.41) is 2.89. The van der Waals surface area contributed by atoms with Gasteiger partial charge in [0.2, 0.25) is 5.88 Å². The van der Waals surface area contributed by atoms with Crippen LogP contribution in [-0.4, -0.2) is 66.1 Å². The Labute approximate surface area is 175 Å². The van der Waals surface area contributed by atoms with E-state index < -0.39 is 12.1 Å². The topological polar surface area (TPSA) is 96.9 Å². The van der Waals surface area contributed by atoms with Crippen LogP contribution in [0.3, 0.4) is 0 Å². The molecule has 0 aliphatic carbocycles. The molecule has 2 aromatic heterocycles. The first-order valence-electron chi connectivity index (χ1n) is 10.1. The van der Waals surface area contributed by atoms with E-state index >= 15 is 0 Å². The molecule has 30 heavy (non-hydrogen) atoms. The van der Waals surface area contributed by atoms with Gasteiger partial charge in [-0.3, -0.25) is 9.69 Å². The van der Waals surface area contributed by atoms with Crippen LogP contribution in [0.25, 0.3) is 0 Å². The van der Waals surface area contributed by atoms with E-state index in [0.29, 0.717) is 23.7 Å². The van der Waals surface area contributed by atoms with E-state index in [1.165, 1.54) is 7.11 Å². The van der Waals surface area contributed by atoms with E-state index in [9.17, 15) is 9.59 Å². The Bertz CT molecular complexity index is 925. The van der Waals surface area contributed by atoms with Gasteiger partial charge in [0.1, 0.15) is 11.4 Å². The van der Waals surface area contributed by atoms with Gasteiger partial charge in [0.15, 0.2) is 6.10 Å². The van der Waals surface area contributed by atoms with Crippen LogP contribution in [0.4, 0.5) is 11.4 Å². The predicted molar refractivity (Wildman–Crippen MR) is 111 cm³/mol. The highest BCUT2D eigenvalue weighted by Crippen LogP contribution is 2.29. The number of anilines is 2. The molecule has 0 aromatic carbocycles. The van der Waals surface area contributed by atoms with Crippen LogP contribution in [0.5, 0.6) is 5.88 Å². The molecule has 4 rings (SSSR count). The molecule has 9 nitrogen and oxygen atoms in total. The summed E-state index contributed by atoms with van der Waals surface area (Å²) in [6.45, 7) is 6.14. The molecule has 9 heteroatoms. The number of esters is 1. The fourth-order valence-electron chi connectivity index (χ4n) is 3.66. The molecule has 2 aliphatic heterocycles. The van der Waals surface area contributed by atoms with Gasteiger partial charge in [-0.05, 0) is 30.2 Å². The summed E-state index contributed by atoms with van der Waals surface area (Å²) in [5.41, 5.74) is 2.96. The van der Waals surface area contributed by atoms with Crippen molar-refractivity contribution in [2.75, 3.05) is 43.5 Å². The van der Waals surface area contributed by atoms with Crippen molar-refractivity contribution in [3.63, 3.8) is 0 Å². The highest BCUT2D eigenvalue weighted by atomic mass is 16.5. The van der Waals surface area contributed by atoms with Crippen LogP contribution < -0.4 is 15.0 Å². The second-order valence-electron chi connectivity index (χ2n) is 7.36. The van der Waals surface area contributed by atoms with Gasteiger partial charge in [-0.15, -0.1) is 0 Å². The SMILES string of the molecule is CCC1Oc2ncc(CN3CCN(c4ccc(C(=O)OC)nc4)CC3)cc2NC1=O. The minimum Gasteiger partial charge on any atom is -0.464 e. The molecule has 1 atom stereocenters. The van der Waals surface area contributed by atoms with Crippen molar-refractivity contribution in [3.8, 4) is 5.88 Å². The van der Waals surface area contributed by atoms with Crippen molar-refractivity contribution in [1.82, 2.24) is 14.9 Å². The minimum absolute atomic E-state index is 0.121. The zero-order valence-electron chi connectivity index (χ0n) is 17.1. The van der Waals surface area contributed by atoms with Gasteiger partial charge in [-0.2, -0.15) is 0 Å². The summed E-state index contributed by atoms with van der Waals surface area (Å²) in [6, 6.07) is 5.52. The lowest BCUT2D eigenvalue weighted by Gasteiger charge is -2.36. The largest absolute Gasteiger partial charge is 0.464 e. The lowest BCUT2D eigenvalue weighted by molar-refractivity contribution is -0.123. The first kappa shape index (κ1) is 20.1. The number of fused-ring (bicyclic) bond motifs is 1. The van der Waals surface area contributed by atoms with Crippen LogP contribution in [-0.2, 0) is 16.1 Å². The number of aromatic nitrogens is 2. The lowest BCUT2D eigenvalue weighted by Crippen LogP contribution is -2.46. The van der Waals surface area contributed by atoms with Crippen molar-refractivity contribution in [2.24, 2.45) is 0 Å². The number of rotatable bonds is 5. The maximum absolute atomic E-state index is 12.0. The molecular formula is C21H25N5O4. The molecule has 2 aliphatic rings. The number of nitrogens with one attached hydrogen (secondary N) is 1. The Kier molecular flexibility index (Phi) is 5.80. The van der Waals surface area contributed by atoms with Crippen LogP contribution in [0.15, 0.2) is 30.6 Å². The summed E-state index contributed by atoms with van der Waals surface area (Å²) in [4.78, 5) is 36.7. The van der Waals surface area contributed by atoms with Crippen LogP contribution in [0.2, 0.25) is 0 Å². The summed E-state index contributed by atoms with van der Waals surface area (Å²) in [5.74, 6) is -0.0702. The van der Waals surface area contributed by atoms with Gasteiger partial charge in [-0.25, -0.2) is 14.8 Å². The van der Waals surface area contributed by atoms with E-state index in [0.717, 1.165) is 44.0 Å². The van der Waals surface area contributed by atoms with Crippen LogP contribution in [0.1, 0.15) is 29.4 Å². The van der Waals surface area contributed by atoms with Gasteiger partial charge in [0.05, 0.1) is 19.0 Å². The van der Waals surface area contributed by atoms with Gasteiger partial charge >= 0.3 is 5.97 Å². The number of hydrogen-bond acceptors (Lipinski definition) is 8. The van der Waals surface area contributed by atoms with Crippen molar-refractivity contribution in [1.29, 1.82) is 0 Å². The first-order valence-corrected chi connectivity index (χ1v) is 10.1. The monoisotopic (exact) mass is 411 g/mol. The normalized spacial score (nSPS) is 18.9. The van der Waals surface area contributed by atoms with Crippen molar-refractivity contribution >= 4 is 23.3 Å². The van der Waals surface area contributed by atoms with Crippen molar-refractivity contribution < 1.29 is 19.1 Å². The molecule has 1 N–H and O–H groups in total. The Balaban J connectivity index is 1.34. The van der Waals surface area contributed by atoms with E-state index in [1.54, 1.807) is 12.3 Å². The summed E-state index contributed by atoms with van der Waals surface area (Å²) < 4.78 is 10.3. The van der Waals surface area contributed by atoms with E-state index in [-0.39, 0.29) is 5.91 Å². The summed E-state index contributed by atoms with van der Waals surface area (Å²) in [7, 11) is 1.35. The Morgan fingerprint density at radius 1 is 1.23 bits per heavy atom. The second kappa shape index (κ2) is 8.66. The minimum atomic E-state index is -0.472. The average molecular weight is 411 g/mol. The highest BCUT2D eigenvalue weighted by molar-refractivity contribution is 5.97. The molecule has 1 fully saturated rings. The molecule has 4 heterocycles. The third kappa shape index (κ3) is 4.20. The summed E-state index contributed by atoms with van der Waals surface area (Å²) >= 11 is 0. The number of carbonyl (C=O) groups is 2. The molecule has 1 saturated heterocycles. The third-order valence-electron chi connectivity index (χ3n) is 5.37. The maximum Gasteiger partial charge on any atom is 0.356 e. The number of ether oxygens (including phenoxy) is 2. The molecule has 0 radical (unpaired) electrons. The quantitative estimate of drug-likeness (QED) is 0.743. The average Bonchev–Trinajstić information content (AvgIpc) is 2.78. The number of hydrogen-bond donors (Lipinski definition) is 1. The highest BCUT2D eigenvalue weighted by Gasteiger charge is 2.27. The number of carbonyl (C=O) groups excluding carboxylic acids is 2. The molecule has 1 unspecified atom stereocenters. The Hall–Kier alpha value is -3.20. The number of nitrogens with zero attached hydrogens (tertiary/aromatic N) is 4. The molecule has 0 saturated carbocycles. The van der Waals surface area contributed by atoms with E-state index in [2.05, 4.69) is 29.8 Å². The zero-order chi connectivity index (χ0) is 21.1. The summed E-state index contributed by atoms with van der Waals surface area (Å²) in [6.07, 6.45) is 3.66. The molecule has 0 spiro atoms. The second-order valence-corrected chi connectivity index (χ2v) is 7.36. The molecule has 158 valence electrons. The van der Waals surface area contributed by atoms with Gasteiger partial charge < -0.3 is 19.7 Å². The van der Waals surface area contributed by atoms with Crippen LogP contribution in [0, 0.1) is 0 Å². The number of amides is 1. The number of methoxy groups -OCH3 is 1. The predicted octanol–water partition coefficient (Wildman–Crippen LogP) is 1.69. The zero-order valence-corrected chi connectivity index (χ0v) is 17.1. The number of piperazine rings is 1. The Morgan fingerprint density at radius 3 is 2.70 bits per heavy atom. The third-order valence-corrected chi connectivity index (χ3v) is 5.37. The fraction of sp³-hybridized carbons (Fsp3) is 0.429. The Morgan fingerprint density at radius 2 is 2.03 bits per heavy atom. The molecule has 1 amide bonds. The molecular weight excluding hydrogens is 386 g/mol. The van der Waals surface area contributed by atoms with E-state index in [4.69, 9.17) is 4.74 Å². The lowest BCUT2D eigenvalue weighted by atomic mass is 10.1. The molecule has 0 bridgehead atoms. The van der Waals surface area contributed by atoms with Gasteiger partial charge in [-0.1, -0.05) is 6.92 Å². The standard InChI is InChI=1S/C21H25N5O4/c1-3-18-19(27)24-17-10-14(11-23-20(17)30-18)13-25-6-8-26(9-7-25)15-4-5-16(22-12-15)21(28)29-2/h4-5,10-12,18H,3,6-9,13H2,1-2H3,(H,24,27). The maximum atomic E-state index is 12.0.